The summed E-state index contributed by atoms with van der Waals surface area (Å²) in [5, 5.41) is 5.23. The van der Waals surface area contributed by atoms with Crippen molar-refractivity contribution >= 4 is 17.5 Å². The molecule has 2 N–H and O–H groups in total. The van der Waals surface area contributed by atoms with Gasteiger partial charge >= 0.3 is 0 Å². The molecular formula is C16H12F3N5. The van der Waals surface area contributed by atoms with Gasteiger partial charge in [-0.2, -0.15) is 4.98 Å². The Kier molecular flexibility index (Phi) is 4.28. The molecule has 0 aliphatic carbocycles. The molecule has 0 aliphatic rings. The Labute approximate surface area is 135 Å². The standard InChI is InChI=1S/C16H12F3N5/c1-20-16-22-12(9-4-6-21-7-5-9)8-13(24-16)23-15-11(18)3-2-10(17)14(15)19/h2-8H,1H3,(H2,20,22,23,24). The number of benzene rings is 1. The molecule has 8 heteroatoms. The van der Waals surface area contributed by atoms with Crippen molar-refractivity contribution in [3.8, 4) is 11.3 Å². The summed E-state index contributed by atoms with van der Waals surface area (Å²) in [6, 6.07) is 6.52. The quantitative estimate of drug-likeness (QED) is 0.713. The number of nitrogens with zero attached hydrogens (tertiary/aromatic N) is 3. The fourth-order valence-corrected chi connectivity index (χ4v) is 2.06. The van der Waals surface area contributed by atoms with Gasteiger partial charge in [-0.1, -0.05) is 0 Å². The predicted octanol–water partition coefficient (Wildman–Crippen LogP) is 3.74. The maximum atomic E-state index is 13.8. The number of pyridine rings is 1. The van der Waals surface area contributed by atoms with Crippen LogP contribution in [-0.2, 0) is 0 Å². The lowest BCUT2D eigenvalue weighted by atomic mass is 10.2. The number of aromatic nitrogens is 3. The lowest BCUT2D eigenvalue weighted by Crippen LogP contribution is -2.05. The van der Waals surface area contributed by atoms with Gasteiger partial charge in [-0.3, -0.25) is 4.98 Å². The van der Waals surface area contributed by atoms with Crippen LogP contribution in [0.25, 0.3) is 11.3 Å². The number of nitrogens with one attached hydrogen (secondary N) is 2. The lowest BCUT2D eigenvalue weighted by molar-refractivity contribution is 0.499. The number of anilines is 3. The molecule has 0 bridgehead atoms. The first-order chi connectivity index (χ1) is 11.6. The van der Waals surface area contributed by atoms with E-state index in [0.29, 0.717) is 5.69 Å². The van der Waals surface area contributed by atoms with Crippen molar-refractivity contribution in [3.05, 3.63) is 60.2 Å². The van der Waals surface area contributed by atoms with Crippen LogP contribution < -0.4 is 10.6 Å². The van der Waals surface area contributed by atoms with Crippen molar-refractivity contribution in [2.75, 3.05) is 17.7 Å². The van der Waals surface area contributed by atoms with Gasteiger partial charge in [0, 0.05) is 31.1 Å². The van der Waals surface area contributed by atoms with Crippen molar-refractivity contribution in [3.63, 3.8) is 0 Å². The van der Waals surface area contributed by atoms with Gasteiger partial charge < -0.3 is 10.6 Å². The zero-order chi connectivity index (χ0) is 17.1. The van der Waals surface area contributed by atoms with E-state index < -0.39 is 23.1 Å². The van der Waals surface area contributed by atoms with E-state index in [9.17, 15) is 13.2 Å². The van der Waals surface area contributed by atoms with Crippen molar-refractivity contribution in [1.82, 2.24) is 15.0 Å². The fraction of sp³-hybridized carbons (Fsp3) is 0.0625. The van der Waals surface area contributed by atoms with Gasteiger partial charge in [0.15, 0.2) is 11.6 Å². The molecule has 0 atom stereocenters. The monoisotopic (exact) mass is 331 g/mol. The van der Waals surface area contributed by atoms with Crippen LogP contribution in [0.2, 0.25) is 0 Å². The smallest absolute Gasteiger partial charge is 0.224 e. The van der Waals surface area contributed by atoms with E-state index >= 15 is 0 Å². The SMILES string of the molecule is CNc1nc(Nc2c(F)ccc(F)c2F)cc(-c2ccncc2)n1. The third-order valence-electron chi connectivity index (χ3n) is 3.22. The van der Waals surface area contributed by atoms with Gasteiger partial charge in [-0.15, -0.1) is 0 Å². The highest BCUT2D eigenvalue weighted by molar-refractivity contribution is 5.67. The van der Waals surface area contributed by atoms with Crippen molar-refractivity contribution in [2.24, 2.45) is 0 Å². The van der Waals surface area contributed by atoms with Crippen LogP contribution in [-0.4, -0.2) is 22.0 Å². The summed E-state index contributed by atoms with van der Waals surface area (Å²) >= 11 is 0. The zero-order valence-corrected chi connectivity index (χ0v) is 12.5. The van der Waals surface area contributed by atoms with Crippen LogP contribution in [0, 0.1) is 17.5 Å². The van der Waals surface area contributed by atoms with Gasteiger partial charge in [-0.25, -0.2) is 18.2 Å². The van der Waals surface area contributed by atoms with Crippen LogP contribution in [0.5, 0.6) is 0 Å². The molecule has 2 aromatic heterocycles. The first kappa shape index (κ1) is 15.7. The summed E-state index contributed by atoms with van der Waals surface area (Å²) in [5.41, 5.74) is 0.639. The van der Waals surface area contributed by atoms with Gasteiger partial charge in [0.25, 0.3) is 0 Å². The number of halogens is 3. The highest BCUT2D eigenvalue weighted by atomic mass is 19.2. The summed E-state index contributed by atoms with van der Waals surface area (Å²) in [5.74, 6) is -3.04. The second-order valence-corrected chi connectivity index (χ2v) is 4.79. The normalized spacial score (nSPS) is 10.5. The fourth-order valence-electron chi connectivity index (χ4n) is 2.06. The minimum Gasteiger partial charge on any atom is -0.357 e. The molecular weight excluding hydrogens is 319 g/mol. The highest BCUT2D eigenvalue weighted by Crippen LogP contribution is 2.27. The maximum absolute atomic E-state index is 13.8. The van der Waals surface area contributed by atoms with E-state index in [2.05, 4.69) is 25.6 Å². The highest BCUT2D eigenvalue weighted by Gasteiger charge is 2.15. The summed E-state index contributed by atoms with van der Waals surface area (Å²) in [6.45, 7) is 0. The third-order valence-corrected chi connectivity index (χ3v) is 3.22. The summed E-state index contributed by atoms with van der Waals surface area (Å²) in [4.78, 5) is 12.3. The Morgan fingerprint density at radius 2 is 1.62 bits per heavy atom. The molecule has 0 saturated carbocycles. The predicted molar refractivity (Wildman–Crippen MR) is 84.4 cm³/mol. The van der Waals surface area contributed by atoms with E-state index in [1.54, 1.807) is 31.6 Å². The molecule has 0 fully saturated rings. The van der Waals surface area contributed by atoms with E-state index in [0.717, 1.165) is 17.7 Å². The average Bonchev–Trinajstić information content (AvgIpc) is 2.62. The Morgan fingerprint density at radius 1 is 0.917 bits per heavy atom. The second kappa shape index (κ2) is 6.53. The lowest BCUT2D eigenvalue weighted by Gasteiger charge is -2.11. The van der Waals surface area contributed by atoms with E-state index in [-0.39, 0.29) is 11.8 Å². The molecule has 0 amide bonds. The van der Waals surface area contributed by atoms with E-state index in [1.165, 1.54) is 6.07 Å². The van der Waals surface area contributed by atoms with Gasteiger partial charge in [0.2, 0.25) is 5.95 Å². The Bertz CT molecular complexity index is 871. The molecule has 3 rings (SSSR count). The molecule has 2 heterocycles. The summed E-state index contributed by atoms with van der Waals surface area (Å²) in [6.07, 6.45) is 3.19. The van der Waals surface area contributed by atoms with E-state index in [1.807, 2.05) is 0 Å². The average molecular weight is 331 g/mol. The number of hydrogen-bond acceptors (Lipinski definition) is 5. The van der Waals surface area contributed by atoms with Gasteiger partial charge in [0.05, 0.1) is 5.69 Å². The summed E-state index contributed by atoms with van der Waals surface area (Å²) < 4.78 is 40.9. The van der Waals surface area contributed by atoms with Crippen molar-refractivity contribution in [1.29, 1.82) is 0 Å². The van der Waals surface area contributed by atoms with Crippen molar-refractivity contribution < 1.29 is 13.2 Å². The molecule has 0 unspecified atom stereocenters. The molecule has 24 heavy (non-hydrogen) atoms. The van der Waals surface area contributed by atoms with Gasteiger partial charge in [0.1, 0.15) is 17.3 Å². The van der Waals surface area contributed by atoms with Crippen LogP contribution >= 0.6 is 0 Å². The topological polar surface area (TPSA) is 62.7 Å². The summed E-state index contributed by atoms with van der Waals surface area (Å²) in [7, 11) is 1.61. The first-order valence-electron chi connectivity index (χ1n) is 6.96. The molecule has 0 aliphatic heterocycles. The van der Waals surface area contributed by atoms with E-state index in [4.69, 9.17) is 0 Å². The Balaban J connectivity index is 2.04. The Morgan fingerprint density at radius 3 is 2.33 bits per heavy atom. The minimum absolute atomic E-state index is 0.115. The molecule has 5 nitrogen and oxygen atoms in total. The third kappa shape index (κ3) is 3.12. The minimum atomic E-state index is -1.31. The molecule has 0 saturated heterocycles. The van der Waals surface area contributed by atoms with Crippen molar-refractivity contribution in [2.45, 2.75) is 0 Å². The molecule has 122 valence electrons. The van der Waals surface area contributed by atoms with Crippen LogP contribution in [0.1, 0.15) is 0 Å². The molecule has 0 radical (unpaired) electrons. The zero-order valence-electron chi connectivity index (χ0n) is 12.5. The van der Waals surface area contributed by atoms with Crippen LogP contribution in [0.15, 0.2) is 42.7 Å². The molecule has 3 aromatic rings. The first-order valence-corrected chi connectivity index (χ1v) is 6.96. The number of rotatable bonds is 4. The molecule has 1 aromatic carbocycles. The Hall–Kier alpha value is -3.16. The van der Waals surface area contributed by atoms with Crippen LogP contribution in [0.3, 0.4) is 0 Å². The maximum Gasteiger partial charge on any atom is 0.224 e. The van der Waals surface area contributed by atoms with Gasteiger partial charge in [-0.05, 0) is 24.3 Å². The second-order valence-electron chi connectivity index (χ2n) is 4.79. The number of hydrogen-bond donors (Lipinski definition) is 2. The molecule has 0 spiro atoms. The largest absolute Gasteiger partial charge is 0.357 e. The van der Waals surface area contributed by atoms with Crippen LogP contribution in [0.4, 0.5) is 30.6 Å².